The molecule has 0 N–H and O–H groups in total. The molecule has 6 rings (SSSR count). The van der Waals surface area contributed by atoms with Crippen molar-refractivity contribution in [2.75, 3.05) is 0 Å². The van der Waals surface area contributed by atoms with Gasteiger partial charge in [0, 0.05) is 54.5 Å². The summed E-state index contributed by atoms with van der Waals surface area (Å²) in [6, 6.07) is 5.40. The van der Waals surface area contributed by atoms with Crippen molar-refractivity contribution in [3.05, 3.63) is 140 Å². The third-order valence-electron chi connectivity index (χ3n) is 6.13. The average molecular weight is 844 g/mol. The van der Waals surface area contributed by atoms with E-state index in [1.54, 1.807) is 0 Å². The summed E-state index contributed by atoms with van der Waals surface area (Å²) in [7, 11) is 0. The van der Waals surface area contributed by atoms with E-state index in [2.05, 4.69) is 29.9 Å². The number of nitrogens with zero attached hydrogens (tertiary/aromatic N) is 6. The third kappa shape index (κ3) is 11.2. The second kappa shape index (κ2) is 19.2. The van der Waals surface area contributed by atoms with Gasteiger partial charge in [-0.25, -0.2) is 50.1 Å². The average Bonchev–Trinajstić information content (AvgIpc) is 3.11. The second-order valence-electron chi connectivity index (χ2n) is 9.84. The number of ether oxygens (including phenoxy) is 3. The molecule has 0 saturated heterocycles. The van der Waals surface area contributed by atoms with Crippen LogP contribution in [0.2, 0.25) is 15.9 Å². The smallest absolute Gasteiger partial charge is 0.225 e. The quantitative estimate of drug-likeness (QED) is 0.0701. The van der Waals surface area contributed by atoms with Crippen molar-refractivity contribution in [3.8, 4) is 34.9 Å². The van der Waals surface area contributed by atoms with Crippen molar-refractivity contribution in [1.82, 2.24) is 29.9 Å². The van der Waals surface area contributed by atoms with Gasteiger partial charge in [0.1, 0.15) is 5.82 Å². The molecule has 0 atom stereocenters. The summed E-state index contributed by atoms with van der Waals surface area (Å²) in [5.41, 5.74) is -0.780. The Kier molecular flexibility index (Phi) is 15.3. The maximum Gasteiger partial charge on any atom is 0.225 e. The van der Waals surface area contributed by atoms with E-state index in [4.69, 9.17) is 49.0 Å². The first-order valence-electron chi connectivity index (χ1n) is 14.1. The molecule has 0 unspecified atom stereocenters. The van der Waals surface area contributed by atoms with Gasteiger partial charge >= 0.3 is 0 Å². The van der Waals surface area contributed by atoms with E-state index in [-0.39, 0.29) is 46.5 Å². The van der Waals surface area contributed by atoms with Gasteiger partial charge in [-0.3, -0.25) is 0 Å². The lowest BCUT2D eigenvalue weighted by Gasteiger charge is -2.10. The van der Waals surface area contributed by atoms with Gasteiger partial charge in [0.05, 0.1) is 0 Å². The minimum atomic E-state index is -1.82. The summed E-state index contributed by atoms with van der Waals surface area (Å²) in [5, 5.41) is -0.510. The fraction of sp³-hybridized carbons (Fsp3) is 0.0909. The van der Waals surface area contributed by atoms with E-state index in [0.717, 1.165) is 19.1 Å². The van der Waals surface area contributed by atoms with Gasteiger partial charge in [0.25, 0.3) is 0 Å². The Morgan fingerprint density at radius 1 is 0.455 bits per heavy atom. The van der Waals surface area contributed by atoms with E-state index in [0.29, 0.717) is 12.1 Å². The molecule has 290 valence electrons. The summed E-state index contributed by atoms with van der Waals surface area (Å²) in [6.07, 6.45) is 3.67. The summed E-state index contributed by atoms with van der Waals surface area (Å²) in [6.45, 7) is 2.24. The highest BCUT2D eigenvalue weighted by molar-refractivity contribution is 6.28. The predicted molar refractivity (Wildman–Crippen MR) is 176 cm³/mol. The van der Waals surface area contributed by atoms with E-state index in [1.807, 2.05) is 0 Å². The second-order valence-corrected chi connectivity index (χ2v) is 10.9. The number of aromatic nitrogens is 6. The van der Waals surface area contributed by atoms with Gasteiger partial charge < -0.3 is 14.2 Å². The molecule has 22 heteroatoms. The van der Waals surface area contributed by atoms with Crippen LogP contribution in [0.25, 0.3) is 0 Å². The molecule has 0 saturated carbocycles. The Labute approximate surface area is 318 Å². The highest BCUT2D eigenvalue weighted by atomic mass is 35.5. The van der Waals surface area contributed by atoms with Crippen molar-refractivity contribution in [3.63, 3.8) is 0 Å². The maximum absolute atomic E-state index is 13.6. The Bertz CT molecular complexity index is 2250. The molecule has 0 radical (unpaired) electrons. The van der Waals surface area contributed by atoms with Crippen LogP contribution in [0.3, 0.4) is 0 Å². The molecular formula is C33H19Cl3F10N6O3. The van der Waals surface area contributed by atoms with Gasteiger partial charge in [-0.1, -0.05) is 7.43 Å². The molecule has 3 aromatic heterocycles. The molecule has 3 aromatic carbocycles. The highest BCUT2D eigenvalue weighted by Crippen LogP contribution is 2.33. The zero-order chi connectivity index (χ0) is 39.9. The summed E-state index contributed by atoms with van der Waals surface area (Å²) >= 11 is 16.4. The molecule has 6 aromatic rings. The number of rotatable bonds is 6. The lowest BCUT2D eigenvalue weighted by molar-refractivity contribution is 0.356. The first-order chi connectivity index (χ1) is 25.5. The normalized spacial score (nSPS) is 10.3. The van der Waals surface area contributed by atoms with Crippen LogP contribution in [-0.4, -0.2) is 29.9 Å². The summed E-state index contributed by atoms with van der Waals surface area (Å²) in [4.78, 5) is 21.3. The van der Waals surface area contributed by atoms with Crippen LogP contribution in [0.4, 0.5) is 43.9 Å². The molecule has 9 nitrogen and oxygen atoms in total. The largest absolute Gasteiger partial charge is 0.433 e. The maximum atomic E-state index is 13.6. The van der Waals surface area contributed by atoms with Crippen LogP contribution in [-0.2, 0) is 0 Å². The number of aryl methyl sites for hydroxylation is 1. The van der Waals surface area contributed by atoms with E-state index in [9.17, 15) is 43.9 Å². The highest BCUT2D eigenvalue weighted by Gasteiger charge is 2.25. The number of halogens is 13. The molecule has 55 heavy (non-hydrogen) atoms. The van der Waals surface area contributed by atoms with Crippen LogP contribution in [0.15, 0.2) is 55.0 Å². The lowest BCUT2D eigenvalue weighted by Crippen LogP contribution is -2.04. The van der Waals surface area contributed by atoms with Crippen molar-refractivity contribution in [1.29, 1.82) is 0 Å². The van der Waals surface area contributed by atoms with E-state index >= 15 is 0 Å². The number of hydrogen-bond donors (Lipinski definition) is 0. The Balaban J connectivity index is 0.000000220. The van der Waals surface area contributed by atoms with Gasteiger partial charge in [0.15, 0.2) is 40.7 Å². The topological polar surface area (TPSA) is 105 Å². The van der Waals surface area contributed by atoms with Gasteiger partial charge in [-0.15, -0.1) is 0 Å². The van der Waals surface area contributed by atoms with E-state index in [1.165, 1.54) is 37.6 Å². The molecule has 0 aliphatic heterocycles. The Morgan fingerprint density at radius 3 is 1.27 bits per heavy atom. The standard InChI is InChI=1S/C11H5ClF4N2O.C11H6ClF3N2O.C10H4ClF3N2O.CH4/c1-4-6(13)8(15)9(16)10(7(4)14)19-5-2-3-17-11(12)18-5;1-5-4-6(13)9(15)10(8(5)14)18-7-2-3-16-11(12)17-7;11-10-15-2-1-8(16-10)17-9-6(13)3-5(12)4-7(9)14;/h2-3H,1H3;2-4H,1H3;1-4H;1H4. The van der Waals surface area contributed by atoms with Crippen molar-refractivity contribution in [2.45, 2.75) is 21.3 Å². The first-order valence-corrected chi connectivity index (χ1v) is 15.2. The molecular weight excluding hydrogens is 825 g/mol. The van der Waals surface area contributed by atoms with E-state index < -0.39 is 81.0 Å². The fourth-order valence-electron chi connectivity index (χ4n) is 3.67. The zero-order valence-electron chi connectivity index (χ0n) is 26.5. The van der Waals surface area contributed by atoms with Crippen molar-refractivity contribution in [2.24, 2.45) is 0 Å². The van der Waals surface area contributed by atoms with Crippen molar-refractivity contribution >= 4 is 34.8 Å². The first kappa shape index (κ1) is 43.9. The van der Waals surface area contributed by atoms with Gasteiger partial charge in [-0.2, -0.15) is 23.7 Å². The third-order valence-corrected chi connectivity index (χ3v) is 6.67. The van der Waals surface area contributed by atoms with Crippen LogP contribution in [0.1, 0.15) is 18.6 Å². The monoisotopic (exact) mass is 842 g/mol. The minimum absolute atomic E-state index is 0. The molecule has 0 fully saturated rings. The Morgan fingerprint density at radius 2 is 0.855 bits per heavy atom. The van der Waals surface area contributed by atoms with Crippen LogP contribution < -0.4 is 14.2 Å². The SMILES string of the molecule is C.Cc1c(F)c(F)c(F)c(Oc2ccnc(Cl)n2)c1F.Cc1cc(F)c(F)c(Oc2ccnc(Cl)n2)c1F.Fc1cc(F)c(Oc2ccnc(Cl)n2)c(F)c1. The van der Waals surface area contributed by atoms with Crippen molar-refractivity contribution < 1.29 is 58.1 Å². The molecule has 3 heterocycles. The molecule has 0 aliphatic rings. The minimum Gasteiger partial charge on any atom is -0.433 e. The molecule has 0 bridgehead atoms. The number of hydrogen-bond acceptors (Lipinski definition) is 9. The molecule has 0 spiro atoms. The Hall–Kier alpha value is -5.53. The predicted octanol–water partition coefficient (Wildman–Crippen LogP) is 11.4. The lowest BCUT2D eigenvalue weighted by atomic mass is 10.2. The molecule has 0 amide bonds. The summed E-state index contributed by atoms with van der Waals surface area (Å²) in [5.74, 6) is -16.9. The zero-order valence-corrected chi connectivity index (χ0v) is 28.8. The number of benzene rings is 3. The van der Waals surface area contributed by atoms with Gasteiger partial charge in [-0.05, 0) is 60.3 Å². The fourth-order valence-corrected chi connectivity index (χ4v) is 4.09. The van der Waals surface area contributed by atoms with Gasteiger partial charge in [0.2, 0.25) is 62.4 Å². The van der Waals surface area contributed by atoms with Crippen LogP contribution in [0.5, 0.6) is 34.9 Å². The summed E-state index contributed by atoms with van der Waals surface area (Å²) < 4.78 is 147. The van der Waals surface area contributed by atoms with Crippen LogP contribution >= 0.6 is 34.8 Å². The molecule has 0 aliphatic carbocycles. The van der Waals surface area contributed by atoms with Crippen LogP contribution in [0, 0.1) is 72.0 Å².